The summed E-state index contributed by atoms with van der Waals surface area (Å²) in [5.74, 6) is 1.47. The van der Waals surface area contributed by atoms with Gasteiger partial charge in [-0.1, -0.05) is 37.6 Å². The second-order valence-electron chi connectivity index (χ2n) is 6.97. The zero-order chi connectivity index (χ0) is 18.0. The Hall–Kier alpha value is -1.92. The Bertz CT molecular complexity index is 754. The van der Waals surface area contributed by atoms with E-state index in [-0.39, 0.29) is 17.8 Å². The third-order valence-electron chi connectivity index (χ3n) is 4.23. The van der Waals surface area contributed by atoms with Gasteiger partial charge in [0.1, 0.15) is 5.82 Å². The highest BCUT2D eigenvalue weighted by Gasteiger charge is 2.32. The van der Waals surface area contributed by atoms with Gasteiger partial charge in [-0.2, -0.15) is 0 Å². The van der Waals surface area contributed by atoms with E-state index in [4.69, 9.17) is 17.3 Å². The molecule has 1 saturated carbocycles. The van der Waals surface area contributed by atoms with Crippen molar-refractivity contribution < 1.29 is 4.79 Å². The van der Waals surface area contributed by atoms with Gasteiger partial charge >= 0.3 is 0 Å². The van der Waals surface area contributed by atoms with E-state index in [0.717, 1.165) is 30.8 Å². The summed E-state index contributed by atoms with van der Waals surface area (Å²) in [7, 11) is 0. The van der Waals surface area contributed by atoms with Gasteiger partial charge in [0.25, 0.3) is 5.91 Å². The zero-order valence-electron chi connectivity index (χ0n) is 14.6. The molecule has 1 aromatic heterocycles. The molecule has 0 spiro atoms. The lowest BCUT2D eigenvalue weighted by Gasteiger charge is -2.17. The predicted molar refractivity (Wildman–Crippen MR) is 98.1 cm³/mol. The number of nitrogens with two attached hydrogens (primary N) is 1. The lowest BCUT2D eigenvalue weighted by molar-refractivity contribution is 0.0923. The van der Waals surface area contributed by atoms with E-state index in [1.165, 1.54) is 0 Å². The third-order valence-corrected chi connectivity index (χ3v) is 4.55. The normalized spacial score (nSPS) is 15.4. The van der Waals surface area contributed by atoms with Crippen LogP contribution in [0.15, 0.2) is 24.3 Å². The maximum Gasteiger partial charge on any atom is 0.291 e. The molecule has 134 valence electrons. The maximum absolute atomic E-state index is 12.6. The zero-order valence-corrected chi connectivity index (χ0v) is 15.3. The van der Waals surface area contributed by atoms with Gasteiger partial charge in [-0.25, -0.2) is 9.67 Å². The molecule has 1 heterocycles. The number of hydrogen-bond acceptors (Lipinski definition) is 4. The third kappa shape index (κ3) is 4.19. The average Bonchev–Trinajstić information content (AvgIpc) is 3.33. The number of carbonyl (C=O) groups excluding carboxylic acids is 1. The van der Waals surface area contributed by atoms with Gasteiger partial charge in [0.15, 0.2) is 0 Å². The molecular weight excluding hydrogens is 338 g/mol. The Kier molecular flexibility index (Phi) is 5.39. The number of nitrogens with zero attached hydrogens (tertiary/aromatic N) is 3. The number of nitrogens with one attached hydrogen (secondary N) is 1. The van der Waals surface area contributed by atoms with Crippen molar-refractivity contribution in [3.63, 3.8) is 0 Å². The van der Waals surface area contributed by atoms with Crippen molar-refractivity contribution in [3.8, 4) is 5.69 Å². The second kappa shape index (κ2) is 7.54. The molecule has 7 heteroatoms. The van der Waals surface area contributed by atoms with Crippen LogP contribution in [0.25, 0.3) is 5.69 Å². The van der Waals surface area contributed by atoms with E-state index in [0.29, 0.717) is 23.4 Å². The molecule has 1 fully saturated rings. The smallest absolute Gasteiger partial charge is 0.291 e. The van der Waals surface area contributed by atoms with Gasteiger partial charge in [0.05, 0.1) is 10.7 Å². The minimum atomic E-state index is -0.288. The number of amides is 1. The second-order valence-corrected chi connectivity index (χ2v) is 7.37. The fourth-order valence-corrected chi connectivity index (χ4v) is 3.08. The van der Waals surface area contributed by atoms with Crippen molar-refractivity contribution in [2.75, 3.05) is 6.54 Å². The van der Waals surface area contributed by atoms with Gasteiger partial charge in [-0.3, -0.25) is 4.79 Å². The van der Waals surface area contributed by atoms with Crippen molar-refractivity contribution in [2.45, 2.75) is 45.1 Å². The fraction of sp³-hybridized carbons (Fsp3) is 0.500. The SMILES string of the molecule is CC(C)CC(CN)NC(=O)c1nc(C2CC2)n(-c2ccccc2Cl)n1. The minimum absolute atomic E-state index is 0.0795. The Morgan fingerprint density at radius 2 is 2.12 bits per heavy atom. The van der Waals surface area contributed by atoms with Gasteiger partial charge in [0, 0.05) is 18.5 Å². The molecule has 1 amide bonds. The lowest BCUT2D eigenvalue weighted by Crippen LogP contribution is -2.41. The number of halogens is 1. The predicted octanol–water partition coefficient (Wildman–Crippen LogP) is 2.90. The van der Waals surface area contributed by atoms with Crippen LogP contribution in [0.2, 0.25) is 5.02 Å². The summed E-state index contributed by atoms with van der Waals surface area (Å²) < 4.78 is 1.70. The van der Waals surface area contributed by atoms with Crippen LogP contribution in [0, 0.1) is 5.92 Å². The maximum atomic E-state index is 12.6. The molecule has 6 nitrogen and oxygen atoms in total. The molecule has 2 aromatic rings. The van der Waals surface area contributed by atoms with Crippen LogP contribution in [0.4, 0.5) is 0 Å². The minimum Gasteiger partial charge on any atom is -0.345 e. The summed E-state index contributed by atoms with van der Waals surface area (Å²) in [6.07, 6.45) is 2.94. The first-order valence-corrected chi connectivity index (χ1v) is 9.10. The largest absolute Gasteiger partial charge is 0.345 e. The molecule has 1 aliphatic carbocycles. The van der Waals surface area contributed by atoms with Crippen LogP contribution in [0.3, 0.4) is 0 Å². The Morgan fingerprint density at radius 3 is 2.72 bits per heavy atom. The summed E-state index contributed by atoms with van der Waals surface area (Å²) >= 11 is 6.30. The van der Waals surface area contributed by atoms with Crippen molar-refractivity contribution >= 4 is 17.5 Å². The van der Waals surface area contributed by atoms with Gasteiger partial charge in [0.2, 0.25) is 5.82 Å². The van der Waals surface area contributed by atoms with E-state index < -0.39 is 0 Å². The van der Waals surface area contributed by atoms with E-state index in [1.807, 2.05) is 24.3 Å². The van der Waals surface area contributed by atoms with Gasteiger partial charge in [-0.15, -0.1) is 5.10 Å². The summed E-state index contributed by atoms with van der Waals surface area (Å²) in [6.45, 7) is 4.60. The van der Waals surface area contributed by atoms with Crippen LogP contribution in [0.5, 0.6) is 0 Å². The van der Waals surface area contributed by atoms with Crippen LogP contribution in [-0.4, -0.2) is 33.3 Å². The Balaban J connectivity index is 1.87. The van der Waals surface area contributed by atoms with Crippen molar-refractivity contribution in [3.05, 3.63) is 40.9 Å². The molecule has 1 aliphatic rings. The molecule has 0 radical (unpaired) electrons. The van der Waals surface area contributed by atoms with E-state index in [9.17, 15) is 4.79 Å². The monoisotopic (exact) mass is 361 g/mol. The number of benzene rings is 1. The molecular formula is C18H24ClN5O. The van der Waals surface area contributed by atoms with E-state index in [2.05, 4.69) is 29.2 Å². The van der Waals surface area contributed by atoms with Crippen molar-refractivity contribution in [1.29, 1.82) is 0 Å². The quantitative estimate of drug-likeness (QED) is 0.793. The first-order chi connectivity index (χ1) is 12.0. The van der Waals surface area contributed by atoms with Crippen molar-refractivity contribution in [1.82, 2.24) is 20.1 Å². The number of aromatic nitrogens is 3. The highest BCUT2D eigenvalue weighted by atomic mass is 35.5. The van der Waals surface area contributed by atoms with Crippen LogP contribution < -0.4 is 11.1 Å². The Labute approximate surface area is 152 Å². The summed E-state index contributed by atoms with van der Waals surface area (Å²) in [5.41, 5.74) is 6.52. The Morgan fingerprint density at radius 1 is 1.40 bits per heavy atom. The highest BCUT2D eigenvalue weighted by Crippen LogP contribution is 2.40. The summed E-state index contributed by atoms with van der Waals surface area (Å²) in [4.78, 5) is 17.1. The highest BCUT2D eigenvalue weighted by molar-refractivity contribution is 6.32. The van der Waals surface area contributed by atoms with E-state index >= 15 is 0 Å². The fourth-order valence-electron chi connectivity index (χ4n) is 2.86. The number of rotatable bonds is 7. The number of para-hydroxylation sites is 1. The van der Waals surface area contributed by atoms with E-state index in [1.54, 1.807) is 4.68 Å². The first kappa shape index (κ1) is 17.9. The summed E-state index contributed by atoms with van der Waals surface area (Å²) in [6, 6.07) is 7.37. The van der Waals surface area contributed by atoms with Gasteiger partial charge in [-0.05, 0) is 37.3 Å². The average molecular weight is 362 g/mol. The molecule has 0 saturated heterocycles. The molecule has 1 aromatic carbocycles. The molecule has 0 aliphatic heterocycles. The number of carbonyl (C=O) groups is 1. The van der Waals surface area contributed by atoms with Crippen LogP contribution in [-0.2, 0) is 0 Å². The molecule has 3 N–H and O–H groups in total. The standard InChI is InChI=1S/C18H24ClN5O/c1-11(2)9-13(10-20)21-18(25)16-22-17(12-7-8-12)24(23-16)15-6-4-3-5-14(15)19/h3-6,11-13H,7-10,20H2,1-2H3,(H,21,25). The molecule has 3 rings (SSSR count). The topological polar surface area (TPSA) is 85.8 Å². The summed E-state index contributed by atoms with van der Waals surface area (Å²) in [5, 5.41) is 7.97. The number of hydrogen-bond donors (Lipinski definition) is 2. The molecule has 0 bridgehead atoms. The van der Waals surface area contributed by atoms with Crippen LogP contribution >= 0.6 is 11.6 Å². The van der Waals surface area contributed by atoms with Gasteiger partial charge < -0.3 is 11.1 Å². The first-order valence-electron chi connectivity index (χ1n) is 8.72. The molecule has 1 unspecified atom stereocenters. The van der Waals surface area contributed by atoms with Crippen LogP contribution in [0.1, 0.15) is 55.5 Å². The molecule has 1 atom stereocenters. The molecule has 25 heavy (non-hydrogen) atoms. The van der Waals surface area contributed by atoms with Crippen molar-refractivity contribution in [2.24, 2.45) is 11.7 Å². The lowest BCUT2D eigenvalue weighted by atomic mass is 10.0.